The van der Waals surface area contributed by atoms with E-state index in [0.29, 0.717) is 17.7 Å². The smallest absolute Gasteiger partial charge is 0.0968 e. The van der Waals surface area contributed by atoms with Gasteiger partial charge in [-0.25, -0.2) is 0 Å². The van der Waals surface area contributed by atoms with Crippen LogP contribution in [0.2, 0.25) is 0 Å². The molecule has 78 valence electrons. The Hall–Kier alpha value is -1.27. The molecule has 1 aromatic carbocycles. The molecule has 2 N–H and O–H groups in total. The second kappa shape index (κ2) is 4.99. The highest BCUT2D eigenvalue weighted by atomic mass is 79.9. The molecule has 0 aliphatic rings. The van der Waals surface area contributed by atoms with E-state index < -0.39 is 0 Å². The fourth-order valence-corrected chi connectivity index (χ4v) is 1.74. The standard InChI is InChI=1S/C12H13BrN2/c1-3-9(7-14)12(15)11-6-10(13)5-4-8(11)2/h4-6H,3,15H2,1-2H3/b12-9-. The summed E-state index contributed by atoms with van der Waals surface area (Å²) in [7, 11) is 0. The highest BCUT2D eigenvalue weighted by Crippen LogP contribution is 2.23. The van der Waals surface area contributed by atoms with Crippen LogP contribution in [0, 0.1) is 18.3 Å². The number of halogens is 1. The van der Waals surface area contributed by atoms with Crippen molar-refractivity contribution in [1.29, 1.82) is 5.26 Å². The van der Waals surface area contributed by atoms with Crippen molar-refractivity contribution in [2.45, 2.75) is 20.3 Å². The first kappa shape index (κ1) is 11.8. The minimum absolute atomic E-state index is 0.582. The van der Waals surface area contributed by atoms with E-state index in [2.05, 4.69) is 22.0 Å². The van der Waals surface area contributed by atoms with Crippen LogP contribution in [0.25, 0.3) is 5.70 Å². The van der Waals surface area contributed by atoms with Gasteiger partial charge in [0.2, 0.25) is 0 Å². The lowest BCUT2D eigenvalue weighted by molar-refractivity contribution is 1.14. The van der Waals surface area contributed by atoms with Crippen LogP contribution >= 0.6 is 15.9 Å². The van der Waals surface area contributed by atoms with Crippen molar-refractivity contribution in [2.24, 2.45) is 5.73 Å². The van der Waals surface area contributed by atoms with Crippen LogP contribution in [0.1, 0.15) is 24.5 Å². The third-order valence-corrected chi connectivity index (χ3v) is 2.80. The number of rotatable bonds is 2. The van der Waals surface area contributed by atoms with Gasteiger partial charge in [-0.1, -0.05) is 28.9 Å². The number of nitrogens with two attached hydrogens (primary N) is 1. The molecule has 0 saturated heterocycles. The molecule has 0 unspecified atom stereocenters. The van der Waals surface area contributed by atoms with E-state index in [1.165, 1.54) is 0 Å². The maximum Gasteiger partial charge on any atom is 0.0968 e. The molecule has 0 aliphatic carbocycles. The van der Waals surface area contributed by atoms with Crippen LogP contribution < -0.4 is 5.73 Å². The highest BCUT2D eigenvalue weighted by Gasteiger charge is 2.07. The number of allylic oxidation sites excluding steroid dienone is 1. The second-order valence-corrected chi connectivity index (χ2v) is 4.23. The van der Waals surface area contributed by atoms with Crippen molar-refractivity contribution in [3.63, 3.8) is 0 Å². The van der Waals surface area contributed by atoms with E-state index in [4.69, 9.17) is 11.0 Å². The highest BCUT2D eigenvalue weighted by molar-refractivity contribution is 9.10. The van der Waals surface area contributed by atoms with Gasteiger partial charge in [-0.15, -0.1) is 0 Å². The number of nitrogens with zero attached hydrogens (tertiary/aromatic N) is 1. The molecular weight excluding hydrogens is 252 g/mol. The van der Waals surface area contributed by atoms with E-state index in [0.717, 1.165) is 15.6 Å². The van der Waals surface area contributed by atoms with Crippen LogP contribution in [0.3, 0.4) is 0 Å². The number of hydrogen-bond donors (Lipinski definition) is 1. The fourth-order valence-electron chi connectivity index (χ4n) is 1.38. The van der Waals surface area contributed by atoms with Gasteiger partial charge in [-0.2, -0.15) is 5.26 Å². The molecule has 1 rings (SSSR count). The monoisotopic (exact) mass is 264 g/mol. The predicted molar refractivity (Wildman–Crippen MR) is 65.9 cm³/mol. The lowest BCUT2D eigenvalue weighted by atomic mass is 10.0. The normalized spacial score (nSPS) is 11.9. The molecule has 0 radical (unpaired) electrons. The first-order valence-corrected chi connectivity index (χ1v) is 5.54. The number of nitriles is 1. The van der Waals surface area contributed by atoms with Crippen LogP contribution in [-0.2, 0) is 0 Å². The lowest BCUT2D eigenvalue weighted by Crippen LogP contribution is -2.02. The largest absolute Gasteiger partial charge is 0.397 e. The Morgan fingerprint density at radius 1 is 1.53 bits per heavy atom. The number of aryl methyl sites for hydroxylation is 1. The number of benzene rings is 1. The Labute approximate surface area is 98.5 Å². The van der Waals surface area contributed by atoms with E-state index in [9.17, 15) is 0 Å². The molecule has 0 fully saturated rings. The fraction of sp³-hybridized carbons (Fsp3) is 0.250. The Morgan fingerprint density at radius 3 is 2.73 bits per heavy atom. The Balaban J connectivity index is 3.34. The second-order valence-electron chi connectivity index (χ2n) is 3.32. The third kappa shape index (κ3) is 2.60. The molecule has 0 amide bonds. The average Bonchev–Trinajstić information content (AvgIpc) is 2.23. The summed E-state index contributed by atoms with van der Waals surface area (Å²) in [5, 5.41) is 8.92. The summed E-state index contributed by atoms with van der Waals surface area (Å²) in [5.41, 5.74) is 9.20. The van der Waals surface area contributed by atoms with Crippen LogP contribution in [0.5, 0.6) is 0 Å². The van der Waals surface area contributed by atoms with Gasteiger partial charge in [0.05, 0.1) is 17.3 Å². The Morgan fingerprint density at radius 2 is 2.20 bits per heavy atom. The molecule has 0 saturated carbocycles. The van der Waals surface area contributed by atoms with E-state index in [1.807, 2.05) is 32.0 Å². The van der Waals surface area contributed by atoms with Gasteiger partial charge in [0, 0.05) is 10.0 Å². The van der Waals surface area contributed by atoms with E-state index >= 15 is 0 Å². The third-order valence-electron chi connectivity index (χ3n) is 2.30. The Bertz CT molecular complexity index is 441. The zero-order valence-corrected chi connectivity index (χ0v) is 10.4. The summed E-state index contributed by atoms with van der Waals surface area (Å²) >= 11 is 3.40. The lowest BCUT2D eigenvalue weighted by Gasteiger charge is -2.08. The topological polar surface area (TPSA) is 49.8 Å². The zero-order chi connectivity index (χ0) is 11.4. The number of hydrogen-bond acceptors (Lipinski definition) is 2. The molecule has 0 spiro atoms. The first-order chi connectivity index (χ1) is 7.10. The van der Waals surface area contributed by atoms with Gasteiger partial charge in [0.15, 0.2) is 0 Å². The summed E-state index contributed by atoms with van der Waals surface area (Å²) in [6.07, 6.45) is 0.661. The van der Waals surface area contributed by atoms with Crippen LogP contribution in [0.4, 0.5) is 0 Å². The average molecular weight is 265 g/mol. The van der Waals surface area contributed by atoms with Crippen molar-refractivity contribution in [2.75, 3.05) is 0 Å². The first-order valence-electron chi connectivity index (χ1n) is 4.75. The van der Waals surface area contributed by atoms with Gasteiger partial charge < -0.3 is 5.73 Å². The molecule has 0 aliphatic heterocycles. The minimum atomic E-state index is 0.582. The maximum absolute atomic E-state index is 8.92. The van der Waals surface area contributed by atoms with E-state index in [-0.39, 0.29) is 0 Å². The summed E-state index contributed by atoms with van der Waals surface area (Å²) < 4.78 is 0.972. The Kier molecular flexibility index (Phi) is 3.93. The summed E-state index contributed by atoms with van der Waals surface area (Å²) in [6.45, 7) is 3.91. The summed E-state index contributed by atoms with van der Waals surface area (Å²) in [4.78, 5) is 0. The van der Waals surface area contributed by atoms with Crippen LogP contribution in [0.15, 0.2) is 28.2 Å². The molecule has 0 atom stereocenters. The van der Waals surface area contributed by atoms with Crippen molar-refractivity contribution in [1.82, 2.24) is 0 Å². The van der Waals surface area contributed by atoms with Crippen molar-refractivity contribution in [3.05, 3.63) is 39.4 Å². The molecule has 1 aromatic rings. The van der Waals surface area contributed by atoms with Gasteiger partial charge in [0.25, 0.3) is 0 Å². The van der Waals surface area contributed by atoms with Gasteiger partial charge >= 0.3 is 0 Å². The summed E-state index contributed by atoms with van der Waals surface area (Å²) in [5.74, 6) is 0. The summed E-state index contributed by atoms with van der Waals surface area (Å²) in [6, 6.07) is 8.02. The SMILES string of the molecule is CC/C(C#N)=C(/N)c1cc(Br)ccc1C. The molecule has 0 heterocycles. The maximum atomic E-state index is 8.92. The molecular formula is C12H13BrN2. The van der Waals surface area contributed by atoms with Gasteiger partial charge in [0.1, 0.15) is 0 Å². The van der Waals surface area contributed by atoms with Crippen molar-refractivity contribution >= 4 is 21.6 Å². The molecule has 0 aromatic heterocycles. The molecule has 2 nitrogen and oxygen atoms in total. The van der Waals surface area contributed by atoms with Crippen LogP contribution in [-0.4, -0.2) is 0 Å². The molecule has 3 heteroatoms. The minimum Gasteiger partial charge on any atom is -0.397 e. The van der Waals surface area contributed by atoms with Gasteiger partial charge in [-0.3, -0.25) is 0 Å². The zero-order valence-electron chi connectivity index (χ0n) is 8.84. The molecule has 15 heavy (non-hydrogen) atoms. The molecule has 0 bridgehead atoms. The van der Waals surface area contributed by atoms with Gasteiger partial charge in [-0.05, 0) is 31.0 Å². The van der Waals surface area contributed by atoms with Crippen molar-refractivity contribution < 1.29 is 0 Å². The quantitative estimate of drug-likeness (QED) is 0.833. The predicted octanol–water partition coefficient (Wildman–Crippen LogP) is 3.36. The van der Waals surface area contributed by atoms with Crippen molar-refractivity contribution in [3.8, 4) is 6.07 Å². The van der Waals surface area contributed by atoms with E-state index in [1.54, 1.807) is 0 Å².